The number of rotatable bonds is 5. The van der Waals surface area contributed by atoms with Crippen molar-refractivity contribution in [1.82, 2.24) is 24.5 Å². The second-order valence-corrected chi connectivity index (χ2v) is 8.32. The first kappa shape index (κ1) is 22.2. The minimum atomic E-state index is 0. The van der Waals surface area contributed by atoms with Gasteiger partial charge >= 0.3 is 0 Å². The van der Waals surface area contributed by atoms with Crippen molar-refractivity contribution < 1.29 is 9.47 Å². The van der Waals surface area contributed by atoms with Crippen molar-refractivity contribution in [2.24, 2.45) is 4.99 Å². The molecule has 0 amide bonds. The number of nitrogens with zero attached hydrogens (tertiary/aromatic N) is 5. The van der Waals surface area contributed by atoms with Gasteiger partial charge in [-0.15, -0.1) is 35.3 Å². The zero-order valence-electron chi connectivity index (χ0n) is 17.5. The standard InChI is InChI=1S/C21H26N6O2S.HI/c1-2-22-20(23-12-17-14-27-9-10-30-21(27)24-17)26-7-5-25(6-8-26)13-16-3-4-18-19(11-16)29-15-28-18;/h3-4,9-11,14H,2,5-8,12-13,15H2,1H3,(H,22,23);1H. The average molecular weight is 554 g/mol. The number of hydrogen-bond acceptors (Lipinski definition) is 6. The maximum absolute atomic E-state index is 5.50. The van der Waals surface area contributed by atoms with Gasteiger partial charge in [0, 0.05) is 57.0 Å². The lowest BCUT2D eigenvalue weighted by Crippen LogP contribution is -2.52. The highest BCUT2D eigenvalue weighted by atomic mass is 127. The molecule has 1 fully saturated rings. The molecule has 2 aliphatic rings. The van der Waals surface area contributed by atoms with Crippen molar-refractivity contribution in [2.75, 3.05) is 39.5 Å². The topological polar surface area (TPSA) is 66.6 Å². The molecule has 166 valence electrons. The zero-order chi connectivity index (χ0) is 20.3. The van der Waals surface area contributed by atoms with Gasteiger partial charge < -0.3 is 19.7 Å². The van der Waals surface area contributed by atoms with Crippen LogP contribution in [0.5, 0.6) is 11.5 Å². The number of nitrogens with one attached hydrogen (secondary N) is 1. The SMILES string of the molecule is CCNC(=NCc1cn2ccsc2n1)N1CCN(Cc2ccc3c(c2)OCO3)CC1.I. The van der Waals surface area contributed by atoms with Crippen LogP contribution in [0.1, 0.15) is 18.2 Å². The van der Waals surface area contributed by atoms with E-state index in [9.17, 15) is 0 Å². The van der Waals surface area contributed by atoms with Crippen LogP contribution in [-0.4, -0.2) is 64.7 Å². The Kier molecular flexibility index (Phi) is 7.18. The summed E-state index contributed by atoms with van der Waals surface area (Å²) in [5, 5.41) is 5.48. The molecule has 0 atom stereocenters. The minimum Gasteiger partial charge on any atom is -0.454 e. The van der Waals surface area contributed by atoms with Crippen molar-refractivity contribution in [3.05, 3.63) is 47.2 Å². The lowest BCUT2D eigenvalue weighted by atomic mass is 10.1. The van der Waals surface area contributed by atoms with Gasteiger partial charge in [-0.1, -0.05) is 6.07 Å². The van der Waals surface area contributed by atoms with Gasteiger partial charge in [-0.2, -0.15) is 0 Å². The van der Waals surface area contributed by atoms with E-state index in [0.29, 0.717) is 13.3 Å². The second-order valence-electron chi connectivity index (χ2n) is 7.45. The fraction of sp³-hybridized carbons (Fsp3) is 0.429. The van der Waals surface area contributed by atoms with Crippen LogP contribution in [0.15, 0.2) is 41.0 Å². The van der Waals surface area contributed by atoms with Gasteiger partial charge in [-0.3, -0.25) is 9.30 Å². The third kappa shape index (κ3) is 5.07. The van der Waals surface area contributed by atoms with E-state index in [-0.39, 0.29) is 24.0 Å². The Morgan fingerprint density at radius 2 is 2.03 bits per heavy atom. The number of aliphatic imine (C=N–C) groups is 1. The lowest BCUT2D eigenvalue weighted by molar-refractivity contribution is 0.171. The van der Waals surface area contributed by atoms with Crippen LogP contribution >= 0.6 is 35.3 Å². The van der Waals surface area contributed by atoms with E-state index >= 15 is 0 Å². The predicted octanol–water partition coefficient (Wildman–Crippen LogP) is 3.03. The first-order chi connectivity index (χ1) is 14.8. The smallest absolute Gasteiger partial charge is 0.231 e. The highest BCUT2D eigenvalue weighted by molar-refractivity contribution is 14.0. The molecule has 1 saturated heterocycles. The van der Waals surface area contributed by atoms with Gasteiger partial charge in [0.25, 0.3) is 0 Å². The molecular weight excluding hydrogens is 527 g/mol. The summed E-state index contributed by atoms with van der Waals surface area (Å²) in [6.45, 7) is 8.70. The Labute approximate surface area is 202 Å². The van der Waals surface area contributed by atoms with Crippen LogP contribution < -0.4 is 14.8 Å². The molecule has 1 N–H and O–H groups in total. The summed E-state index contributed by atoms with van der Waals surface area (Å²) >= 11 is 1.65. The van der Waals surface area contributed by atoms with E-state index in [2.05, 4.69) is 49.8 Å². The number of guanidine groups is 1. The minimum absolute atomic E-state index is 0. The number of imidazole rings is 1. The van der Waals surface area contributed by atoms with E-state index in [1.807, 2.05) is 17.6 Å². The number of hydrogen-bond donors (Lipinski definition) is 1. The molecule has 1 aromatic carbocycles. The maximum atomic E-state index is 5.50. The number of fused-ring (bicyclic) bond motifs is 2. The van der Waals surface area contributed by atoms with Gasteiger partial charge in [0.2, 0.25) is 6.79 Å². The Balaban J connectivity index is 0.00000231. The summed E-state index contributed by atoms with van der Waals surface area (Å²) in [5.41, 5.74) is 2.26. The predicted molar refractivity (Wildman–Crippen MR) is 133 cm³/mol. The molecule has 3 aromatic rings. The number of thiazole rings is 1. The number of benzene rings is 1. The van der Waals surface area contributed by atoms with Crippen LogP contribution in [-0.2, 0) is 13.1 Å². The van der Waals surface area contributed by atoms with Crippen molar-refractivity contribution >= 4 is 46.2 Å². The van der Waals surface area contributed by atoms with Gasteiger partial charge in [-0.05, 0) is 24.6 Å². The monoisotopic (exact) mass is 554 g/mol. The molecule has 5 rings (SSSR count). The first-order valence-electron chi connectivity index (χ1n) is 10.3. The number of halogens is 1. The summed E-state index contributed by atoms with van der Waals surface area (Å²) in [7, 11) is 0. The second kappa shape index (κ2) is 10.0. The zero-order valence-corrected chi connectivity index (χ0v) is 20.6. The molecular formula is C21H27IN6O2S. The Hall–Kier alpha value is -2.05. The van der Waals surface area contributed by atoms with Crippen molar-refractivity contribution in [3.63, 3.8) is 0 Å². The highest BCUT2D eigenvalue weighted by Gasteiger charge is 2.21. The van der Waals surface area contributed by atoms with E-state index in [4.69, 9.17) is 14.5 Å². The summed E-state index contributed by atoms with van der Waals surface area (Å²) < 4.78 is 13.0. The largest absolute Gasteiger partial charge is 0.454 e. The average Bonchev–Trinajstić information content (AvgIpc) is 3.47. The Morgan fingerprint density at radius 1 is 1.19 bits per heavy atom. The van der Waals surface area contributed by atoms with E-state index in [1.165, 1.54) is 5.56 Å². The van der Waals surface area contributed by atoms with Gasteiger partial charge in [0.15, 0.2) is 22.4 Å². The summed E-state index contributed by atoms with van der Waals surface area (Å²) in [4.78, 5) is 15.3. The van der Waals surface area contributed by atoms with Crippen LogP contribution in [0.4, 0.5) is 0 Å². The van der Waals surface area contributed by atoms with Crippen LogP contribution in [0.2, 0.25) is 0 Å². The number of aromatic nitrogens is 2. The molecule has 8 nitrogen and oxygen atoms in total. The molecule has 0 saturated carbocycles. The Bertz CT molecular complexity index is 1020. The van der Waals surface area contributed by atoms with Crippen LogP contribution in [0.25, 0.3) is 4.96 Å². The van der Waals surface area contributed by atoms with Gasteiger partial charge in [-0.25, -0.2) is 9.98 Å². The molecule has 2 aromatic heterocycles. The molecule has 10 heteroatoms. The molecule has 0 unspecified atom stereocenters. The van der Waals surface area contributed by atoms with Crippen LogP contribution in [0.3, 0.4) is 0 Å². The fourth-order valence-electron chi connectivity index (χ4n) is 3.85. The van der Waals surface area contributed by atoms with E-state index in [0.717, 1.165) is 67.4 Å². The third-order valence-corrected chi connectivity index (χ3v) is 6.15. The highest BCUT2D eigenvalue weighted by Crippen LogP contribution is 2.32. The van der Waals surface area contributed by atoms with Crippen molar-refractivity contribution in [3.8, 4) is 11.5 Å². The van der Waals surface area contributed by atoms with Crippen molar-refractivity contribution in [1.29, 1.82) is 0 Å². The summed E-state index contributed by atoms with van der Waals surface area (Å²) in [6, 6.07) is 6.22. The third-order valence-electron chi connectivity index (χ3n) is 5.38. The molecule has 0 bridgehead atoms. The van der Waals surface area contributed by atoms with E-state index < -0.39 is 0 Å². The first-order valence-corrected chi connectivity index (χ1v) is 11.2. The molecule has 0 radical (unpaired) electrons. The van der Waals surface area contributed by atoms with Gasteiger partial charge in [0.1, 0.15) is 0 Å². The van der Waals surface area contributed by atoms with Crippen molar-refractivity contribution in [2.45, 2.75) is 20.0 Å². The lowest BCUT2D eigenvalue weighted by Gasteiger charge is -2.36. The Morgan fingerprint density at radius 3 is 2.84 bits per heavy atom. The van der Waals surface area contributed by atoms with Crippen LogP contribution in [0, 0.1) is 0 Å². The number of piperazine rings is 1. The summed E-state index contributed by atoms with van der Waals surface area (Å²) in [6.07, 6.45) is 4.09. The normalized spacial score (nSPS) is 16.5. The van der Waals surface area contributed by atoms with Gasteiger partial charge in [0.05, 0.1) is 12.2 Å². The molecule has 0 spiro atoms. The molecule has 0 aliphatic carbocycles. The quantitative estimate of drug-likeness (QED) is 0.297. The number of ether oxygens (including phenoxy) is 2. The maximum Gasteiger partial charge on any atom is 0.231 e. The summed E-state index contributed by atoms with van der Waals surface area (Å²) in [5.74, 6) is 2.66. The fourth-order valence-corrected chi connectivity index (χ4v) is 4.57. The molecule has 2 aliphatic heterocycles. The molecule has 4 heterocycles. The van der Waals surface area contributed by atoms with E-state index in [1.54, 1.807) is 11.3 Å². The molecule has 31 heavy (non-hydrogen) atoms.